The maximum atomic E-state index is 13.5. The molecule has 0 radical (unpaired) electrons. The van der Waals surface area contributed by atoms with Gasteiger partial charge < -0.3 is 46.6 Å². The average Bonchev–Trinajstić information content (AvgIpc) is 3.23. The summed E-state index contributed by atoms with van der Waals surface area (Å²) in [5, 5.41) is 19.7. The van der Waals surface area contributed by atoms with Gasteiger partial charge in [0.1, 0.15) is 0 Å². The molecule has 0 bridgehead atoms. The van der Waals surface area contributed by atoms with Crippen molar-refractivity contribution >= 4 is 29.5 Å². The molecular formula is C66H133N9O5. The Morgan fingerprint density at radius 3 is 0.588 bits per heavy atom. The quantitative estimate of drug-likeness (QED) is 0.0328. The summed E-state index contributed by atoms with van der Waals surface area (Å²) in [7, 11) is 0. The van der Waals surface area contributed by atoms with Crippen LogP contribution in [0.2, 0.25) is 0 Å². The number of carbonyl (C=O) groups is 5. The lowest BCUT2D eigenvalue weighted by Gasteiger charge is -2.33. The standard InChI is InChI=1S/C66H133N9O5/c1-57(2,3)42-62(16,17)47-68-52(76)26-33-73(34-27-53(77)69-48-63(18,19)43-58(4,5)6)38-31-67-32-39-75(37-30-56(80)72-51-66(24,25)46-61(13,14)15)41-40-74(35-28-54(78)70-49-64(20,21)44-59(7,8)9)36-29-55(79)71-50-65(22,23)45-60(10,11)12/h67H,26-51H2,1-25H3,(H,68,76)(H,69,77)(H,70,78)(H,71,79)(H,72,80). The fourth-order valence-corrected chi connectivity index (χ4v) is 12.8. The SMILES string of the molecule is CC(C)(C)CC(C)(C)CNC(=O)CCN(CCNCCN(CCC(=O)NCC(C)(C)CC(C)(C)C)CCN(CCC(=O)NCC(C)(C)CC(C)(C)C)CCC(=O)NCC(C)(C)CC(C)(C)C)CCC(=O)NCC(C)(C)CC(C)(C)C. The van der Waals surface area contributed by atoms with Crippen LogP contribution in [0.1, 0.15) is 237 Å². The van der Waals surface area contributed by atoms with Crippen molar-refractivity contribution in [2.75, 3.05) is 105 Å². The highest BCUT2D eigenvalue weighted by Gasteiger charge is 2.31. The van der Waals surface area contributed by atoms with Crippen LogP contribution >= 0.6 is 0 Å². The first-order valence-electron chi connectivity index (χ1n) is 31.2. The minimum Gasteiger partial charge on any atom is -0.356 e. The van der Waals surface area contributed by atoms with Crippen molar-refractivity contribution in [3.8, 4) is 0 Å². The number of rotatable bonds is 39. The number of nitrogens with zero attached hydrogens (tertiary/aromatic N) is 3. The normalized spacial score (nSPS) is 13.8. The van der Waals surface area contributed by atoms with E-state index in [-0.39, 0.29) is 83.7 Å². The summed E-state index contributed by atoms with van der Waals surface area (Å²) in [6.45, 7) is 65.2. The van der Waals surface area contributed by atoms with E-state index in [9.17, 15) is 24.0 Å². The molecule has 0 aliphatic rings. The monoisotopic (exact) mass is 1130 g/mol. The van der Waals surface area contributed by atoms with Gasteiger partial charge in [0.15, 0.2) is 0 Å². The highest BCUT2D eigenvalue weighted by atomic mass is 16.2. The van der Waals surface area contributed by atoms with E-state index in [2.05, 4.69) is 220 Å². The second-order valence-electron chi connectivity index (χ2n) is 34.4. The van der Waals surface area contributed by atoms with E-state index in [0.717, 1.165) is 32.1 Å². The molecule has 0 rings (SSSR count). The molecule has 0 fully saturated rings. The van der Waals surface area contributed by atoms with Crippen LogP contribution in [0.4, 0.5) is 0 Å². The summed E-state index contributed by atoms with van der Waals surface area (Å²) in [6.07, 6.45) is 6.62. The fourth-order valence-electron chi connectivity index (χ4n) is 12.8. The minimum absolute atomic E-state index is 0.00729. The van der Waals surface area contributed by atoms with Gasteiger partial charge in [-0.05, 0) is 86.3 Å². The molecule has 0 saturated carbocycles. The summed E-state index contributed by atoms with van der Waals surface area (Å²) < 4.78 is 0. The Morgan fingerprint density at radius 2 is 0.412 bits per heavy atom. The maximum Gasteiger partial charge on any atom is 0.221 e. The average molecular weight is 1130 g/mol. The van der Waals surface area contributed by atoms with Crippen LogP contribution in [0, 0.1) is 54.1 Å². The molecule has 6 N–H and O–H groups in total. The van der Waals surface area contributed by atoms with Gasteiger partial charge in [0, 0.05) is 137 Å². The number of hydrogen-bond donors (Lipinski definition) is 6. The van der Waals surface area contributed by atoms with E-state index >= 15 is 0 Å². The number of hydrogen-bond acceptors (Lipinski definition) is 9. The van der Waals surface area contributed by atoms with Gasteiger partial charge in [-0.1, -0.05) is 173 Å². The van der Waals surface area contributed by atoms with Crippen molar-refractivity contribution in [1.82, 2.24) is 46.6 Å². The second kappa shape index (κ2) is 33.6. The van der Waals surface area contributed by atoms with Gasteiger partial charge in [-0.2, -0.15) is 0 Å². The van der Waals surface area contributed by atoms with E-state index in [1.165, 1.54) is 0 Å². The van der Waals surface area contributed by atoms with Gasteiger partial charge in [0.2, 0.25) is 29.5 Å². The van der Waals surface area contributed by atoms with Crippen molar-refractivity contribution in [1.29, 1.82) is 0 Å². The third kappa shape index (κ3) is 45.7. The molecule has 0 aliphatic carbocycles. The Bertz CT molecular complexity index is 1730. The van der Waals surface area contributed by atoms with E-state index in [4.69, 9.17) is 0 Å². The zero-order valence-electron chi connectivity index (χ0n) is 57.3. The van der Waals surface area contributed by atoms with Gasteiger partial charge >= 0.3 is 0 Å². The fraction of sp³-hybridized carbons (Fsp3) is 0.924. The maximum absolute atomic E-state index is 13.5. The Labute approximate surface area is 494 Å². The van der Waals surface area contributed by atoms with Crippen molar-refractivity contribution < 1.29 is 24.0 Å². The molecule has 5 amide bonds. The molecule has 14 nitrogen and oxygen atoms in total. The molecular weight excluding hydrogens is 999 g/mol. The smallest absolute Gasteiger partial charge is 0.221 e. The summed E-state index contributed by atoms with van der Waals surface area (Å²) in [6, 6.07) is 0. The number of carbonyl (C=O) groups excluding carboxylic acids is 5. The molecule has 0 saturated heterocycles. The third-order valence-corrected chi connectivity index (χ3v) is 14.1. The lowest BCUT2D eigenvalue weighted by Crippen LogP contribution is -2.44. The van der Waals surface area contributed by atoms with Crippen LogP contribution in [-0.4, -0.2) is 149 Å². The Morgan fingerprint density at radius 1 is 0.250 bits per heavy atom. The molecule has 14 heteroatoms. The second-order valence-corrected chi connectivity index (χ2v) is 34.4. The van der Waals surface area contributed by atoms with Crippen LogP contribution < -0.4 is 31.9 Å². The Hall–Kier alpha value is -2.81. The van der Waals surface area contributed by atoms with Crippen LogP contribution in [0.3, 0.4) is 0 Å². The highest BCUT2D eigenvalue weighted by molar-refractivity contribution is 5.78. The van der Waals surface area contributed by atoms with Crippen molar-refractivity contribution in [2.45, 2.75) is 237 Å². The molecule has 0 unspecified atom stereocenters. The molecule has 0 heterocycles. The largest absolute Gasteiger partial charge is 0.356 e. The lowest BCUT2D eigenvalue weighted by molar-refractivity contribution is -0.123. The molecule has 0 aromatic carbocycles. The molecule has 0 spiro atoms. The molecule has 0 atom stereocenters. The first kappa shape index (κ1) is 77.2. The van der Waals surface area contributed by atoms with E-state index in [1.807, 2.05) is 0 Å². The van der Waals surface area contributed by atoms with Gasteiger partial charge in [0.05, 0.1) is 0 Å². The predicted molar refractivity (Wildman–Crippen MR) is 340 cm³/mol. The molecule has 0 aromatic heterocycles. The Kier molecular flexibility index (Phi) is 32.4. The summed E-state index contributed by atoms with van der Waals surface area (Å²) in [4.78, 5) is 73.7. The minimum atomic E-state index is -0.0482. The van der Waals surface area contributed by atoms with Crippen LogP contribution in [-0.2, 0) is 24.0 Å². The molecule has 472 valence electrons. The van der Waals surface area contributed by atoms with E-state index in [1.54, 1.807) is 0 Å². The van der Waals surface area contributed by atoms with Crippen LogP contribution in [0.25, 0.3) is 0 Å². The van der Waals surface area contributed by atoms with Crippen molar-refractivity contribution in [2.24, 2.45) is 54.1 Å². The predicted octanol–water partition coefficient (Wildman–Crippen LogP) is 11.3. The zero-order chi connectivity index (χ0) is 62.2. The first-order chi connectivity index (χ1) is 35.9. The Balaban J connectivity index is 6.36. The third-order valence-electron chi connectivity index (χ3n) is 14.1. The van der Waals surface area contributed by atoms with Gasteiger partial charge in [-0.3, -0.25) is 24.0 Å². The van der Waals surface area contributed by atoms with Gasteiger partial charge in [0.25, 0.3) is 0 Å². The van der Waals surface area contributed by atoms with E-state index in [0.29, 0.717) is 137 Å². The number of nitrogens with one attached hydrogen (secondary N) is 6. The van der Waals surface area contributed by atoms with Gasteiger partial charge in [-0.25, -0.2) is 0 Å². The molecule has 80 heavy (non-hydrogen) atoms. The molecule has 0 aliphatic heterocycles. The number of amides is 5. The topological polar surface area (TPSA) is 167 Å². The lowest BCUT2D eigenvalue weighted by atomic mass is 9.76. The van der Waals surface area contributed by atoms with Crippen LogP contribution in [0.15, 0.2) is 0 Å². The van der Waals surface area contributed by atoms with Crippen LogP contribution in [0.5, 0.6) is 0 Å². The summed E-state index contributed by atoms with van der Waals surface area (Å²) >= 11 is 0. The van der Waals surface area contributed by atoms with E-state index < -0.39 is 0 Å². The van der Waals surface area contributed by atoms with Crippen molar-refractivity contribution in [3.05, 3.63) is 0 Å². The molecule has 0 aromatic rings. The first-order valence-corrected chi connectivity index (χ1v) is 31.2. The van der Waals surface area contributed by atoms with Gasteiger partial charge in [-0.15, -0.1) is 0 Å². The summed E-state index contributed by atoms with van der Waals surface area (Å²) in [5.41, 5.74) is 0.528. The highest BCUT2D eigenvalue weighted by Crippen LogP contribution is 2.36. The summed E-state index contributed by atoms with van der Waals surface area (Å²) in [5.74, 6) is 0.0798. The van der Waals surface area contributed by atoms with Crippen molar-refractivity contribution in [3.63, 3.8) is 0 Å². The zero-order valence-corrected chi connectivity index (χ0v) is 57.3.